The first kappa shape index (κ1) is 17.2. The van der Waals surface area contributed by atoms with Gasteiger partial charge in [0.1, 0.15) is 0 Å². The number of nitrogens with one attached hydrogen (secondary N) is 1. The molecule has 0 unspecified atom stereocenters. The first-order valence-electron chi connectivity index (χ1n) is 9.06. The quantitative estimate of drug-likeness (QED) is 0.765. The molecule has 0 spiro atoms. The van der Waals surface area contributed by atoms with Gasteiger partial charge in [0.2, 0.25) is 5.91 Å². The lowest BCUT2D eigenvalue weighted by atomic mass is 10.1. The van der Waals surface area contributed by atoms with E-state index in [-0.39, 0.29) is 24.9 Å². The molecule has 2 aromatic heterocycles. The average Bonchev–Trinajstić information content (AvgIpc) is 3.18. The van der Waals surface area contributed by atoms with E-state index < -0.39 is 11.2 Å². The van der Waals surface area contributed by atoms with Gasteiger partial charge in [-0.05, 0) is 42.7 Å². The summed E-state index contributed by atoms with van der Waals surface area (Å²) in [5.74, 6) is 0.0106. The number of fused-ring (bicyclic) bond motifs is 1. The molecule has 0 radical (unpaired) electrons. The van der Waals surface area contributed by atoms with E-state index in [4.69, 9.17) is 0 Å². The second-order valence-corrected chi connectivity index (χ2v) is 6.70. The van der Waals surface area contributed by atoms with Crippen LogP contribution < -0.4 is 11.2 Å². The van der Waals surface area contributed by atoms with Crippen LogP contribution in [0.4, 0.5) is 0 Å². The summed E-state index contributed by atoms with van der Waals surface area (Å²) in [5.41, 5.74) is 0.739. The van der Waals surface area contributed by atoms with Gasteiger partial charge in [-0.3, -0.25) is 24.1 Å². The molecule has 1 saturated heterocycles. The van der Waals surface area contributed by atoms with Gasteiger partial charge in [0, 0.05) is 31.9 Å². The monoisotopic (exact) mass is 364 g/mol. The number of aromatic amines is 1. The van der Waals surface area contributed by atoms with Gasteiger partial charge in [-0.1, -0.05) is 12.1 Å². The molecule has 1 atom stereocenters. The molecule has 27 heavy (non-hydrogen) atoms. The van der Waals surface area contributed by atoms with Crippen LogP contribution in [0, 0.1) is 0 Å². The SMILES string of the molecule is O=C(CCn1c(=O)[nH]c(=O)c2ccccc21)N1CCC[C@@H]1c1ccncc1. The van der Waals surface area contributed by atoms with Gasteiger partial charge in [0.05, 0.1) is 16.9 Å². The normalized spacial score (nSPS) is 16.7. The van der Waals surface area contributed by atoms with Gasteiger partial charge in [-0.2, -0.15) is 0 Å². The van der Waals surface area contributed by atoms with Crippen LogP contribution in [0.15, 0.2) is 58.4 Å². The Kier molecular flexibility index (Phi) is 4.58. The number of hydrogen-bond donors (Lipinski definition) is 1. The maximum atomic E-state index is 12.8. The molecule has 1 aliphatic rings. The van der Waals surface area contributed by atoms with Crippen LogP contribution in [0.1, 0.15) is 30.9 Å². The summed E-state index contributed by atoms with van der Waals surface area (Å²) in [5, 5.41) is 0.445. The summed E-state index contributed by atoms with van der Waals surface area (Å²) in [6, 6.07) is 10.9. The van der Waals surface area contributed by atoms with Crippen LogP contribution in [-0.2, 0) is 11.3 Å². The van der Waals surface area contributed by atoms with Gasteiger partial charge in [-0.15, -0.1) is 0 Å². The molecule has 4 rings (SSSR count). The molecule has 7 heteroatoms. The molecule has 0 aliphatic carbocycles. The van der Waals surface area contributed by atoms with Gasteiger partial charge >= 0.3 is 5.69 Å². The third kappa shape index (κ3) is 3.28. The predicted molar refractivity (Wildman–Crippen MR) is 101 cm³/mol. The van der Waals surface area contributed by atoms with Crippen molar-refractivity contribution in [1.29, 1.82) is 0 Å². The van der Waals surface area contributed by atoms with Crippen molar-refractivity contribution >= 4 is 16.8 Å². The van der Waals surface area contributed by atoms with Crippen LogP contribution >= 0.6 is 0 Å². The fourth-order valence-corrected chi connectivity index (χ4v) is 3.81. The van der Waals surface area contributed by atoms with Crippen molar-refractivity contribution in [2.75, 3.05) is 6.54 Å². The van der Waals surface area contributed by atoms with Crippen molar-refractivity contribution in [3.05, 3.63) is 75.2 Å². The Balaban J connectivity index is 1.56. The second-order valence-electron chi connectivity index (χ2n) is 6.70. The summed E-state index contributed by atoms with van der Waals surface area (Å²) in [7, 11) is 0. The lowest BCUT2D eigenvalue weighted by Crippen LogP contribution is -2.34. The lowest BCUT2D eigenvalue weighted by molar-refractivity contribution is -0.132. The van der Waals surface area contributed by atoms with Crippen LogP contribution in [-0.4, -0.2) is 31.9 Å². The van der Waals surface area contributed by atoms with Gasteiger partial charge in [-0.25, -0.2) is 4.79 Å². The number of hydrogen-bond acceptors (Lipinski definition) is 4. The van der Waals surface area contributed by atoms with Crippen LogP contribution in [0.5, 0.6) is 0 Å². The average molecular weight is 364 g/mol. The fraction of sp³-hybridized carbons (Fsp3) is 0.300. The largest absolute Gasteiger partial charge is 0.336 e. The standard InChI is InChI=1S/C20H20N4O3/c25-18(23-12-3-6-16(23)14-7-10-21-11-8-14)9-13-24-17-5-2-1-4-15(17)19(26)22-20(24)27/h1-2,4-5,7-8,10-11,16H,3,6,9,12-13H2,(H,22,26,27)/t16-/m1/s1. The lowest BCUT2D eigenvalue weighted by Gasteiger charge is -2.25. The van der Waals surface area contributed by atoms with E-state index in [1.54, 1.807) is 36.7 Å². The molecule has 1 aliphatic heterocycles. The summed E-state index contributed by atoms with van der Waals surface area (Å²) in [6.07, 6.45) is 5.57. The number of aromatic nitrogens is 3. The molecular formula is C20H20N4O3. The van der Waals surface area contributed by atoms with Crippen LogP contribution in [0.3, 0.4) is 0 Å². The van der Waals surface area contributed by atoms with Crippen molar-refractivity contribution in [2.24, 2.45) is 0 Å². The molecule has 3 heterocycles. The Morgan fingerprint density at radius 1 is 1.15 bits per heavy atom. The number of carbonyl (C=O) groups is 1. The molecule has 1 aromatic carbocycles. The summed E-state index contributed by atoms with van der Waals surface area (Å²) in [6.45, 7) is 0.946. The Morgan fingerprint density at radius 3 is 2.74 bits per heavy atom. The second kappa shape index (κ2) is 7.19. The molecule has 0 bridgehead atoms. The van der Waals surface area contributed by atoms with Crippen LogP contribution in [0.2, 0.25) is 0 Å². The first-order chi connectivity index (χ1) is 13.1. The van der Waals surface area contributed by atoms with E-state index in [1.807, 2.05) is 17.0 Å². The van der Waals surface area contributed by atoms with E-state index >= 15 is 0 Å². The minimum atomic E-state index is -0.487. The van der Waals surface area contributed by atoms with Gasteiger partial charge in [0.15, 0.2) is 0 Å². The number of likely N-dealkylation sites (tertiary alicyclic amines) is 1. The molecule has 1 fully saturated rings. The summed E-state index contributed by atoms with van der Waals surface area (Å²) in [4.78, 5) is 45.3. The number of carbonyl (C=O) groups excluding carboxylic acids is 1. The minimum absolute atomic E-state index is 0.0106. The molecule has 7 nitrogen and oxygen atoms in total. The minimum Gasteiger partial charge on any atom is -0.336 e. The number of para-hydroxylation sites is 1. The highest BCUT2D eigenvalue weighted by Gasteiger charge is 2.29. The Bertz CT molecular complexity index is 1090. The maximum Gasteiger partial charge on any atom is 0.328 e. The van der Waals surface area contributed by atoms with E-state index in [0.29, 0.717) is 17.4 Å². The number of benzene rings is 1. The number of aryl methyl sites for hydroxylation is 1. The highest BCUT2D eigenvalue weighted by atomic mass is 16.2. The van der Waals surface area contributed by atoms with Gasteiger partial charge < -0.3 is 4.90 Å². The molecule has 1 N–H and O–H groups in total. The molecular weight excluding hydrogens is 344 g/mol. The van der Waals surface area contributed by atoms with Gasteiger partial charge in [0.25, 0.3) is 5.56 Å². The smallest absolute Gasteiger partial charge is 0.328 e. The molecule has 138 valence electrons. The van der Waals surface area contributed by atoms with Crippen molar-refractivity contribution in [3.63, 3.8) is 0 Å². The first-order valence-corrected chi connectivity index (χ1v) is 9.06. The maximum absolute atomic E-state index is 12.8. The van der Waals surface area contributed by atoms with Crippen molar-refractivity contribution < 1.29 is 4.79 Å². The van der Waals surface area contributed by atoms with Crippen molar-refractivity contribution in [1.82, 2.24) is 19.4 Å². The Hall–Kier alpha value is -3.22. The predicted octanol–water partition coefficient (Wildman–Crippen LogP) is 1.84. The zero-order valence-corrected chi connectivity index (χ0v) is 14.8. The number of H-pyrrole nitrogens is 1. The summed E-state index contributed by atoms with van der Waals surface area (Å²) >= 11 is 0. The topological polar surface area (TPSA) is 88.1 Å². The number of pyridine rings is 1. The number of rotatable bonds is 4. The van der Waals surface area contributed by atoms with E-state index in [1.165, 1.54) is 4.57 Å². The Morgan fingerprint density at radius 2 is 1.93 bits per heavy atom. The zero-order valence-electron chi connectivity index (χ0n) is 14.8. The Labute approximate surface area is 155 Å². The van der Waals surface area contributed by atoms with Crippen LogP contribution in [0.25, 0.3) is 10.9 Å². The number of nitrogens with zero attached hydrogens (tertiary/aromatic N) is 3. The third-order valence-corrected chi connectivity index (χ3v) is 5.12. The molecule has 1 amide bonds. The molecule has 3 aromatic rings. The summed E-state index contributed by atoms with van der Waals surface area (Å²) < 4.78 is 1.46. The number of amides is 1. The highest BCUT2D eigenvalue weighted by molar-refractivity contribution is 5.79. The zero-order chi connectivity index (χ0) is 18.8. The van der Waals surface area contributed by atoms with E-state index in [0.717, 1.165) is 18.4 Å². The highest BCUT2D eigenvalue weighted by Crippen LogP contribution is 2.32. The van der Waals surface area contributed by atoms with Crippen molar-refractivity contribution in [2.45, 2.75) is 31.8 Å². The van der Waals surface area contributed by atoms with E-state index in [9.17, 15) is 14.4 Å². The molecule has 0 saturated carbocycles. The fourth-order valence-electron chi connectivity index (χ4n) is 3.81. The van der Waals surface area contributed by atoms with E-state index in [2.05, 4.69) is 9.97 Å². The third-order valence-electron chi connectivity index (χ3n) is 5.12. The van der Waals surface area contributed by atoms with Crippen molar-refractivity contribution in [3.8, 4) is 0 Å².